The molecule has 1 heterocycles. The summed E-state index contributed by atoms with van der Waals surface area (Å²) in [7, 11) is -0.136. The average molecular weight is 140 g/mol. The second kappa shape index (κ2) is 1.99. The number of carbonyl (C=O) groups excluding carboxylic acids is 1. The van der Waals surface area contributed by atoms with Gasteiger partial charge in [-0.2, -0.15) is 0 Å². The molecule has 0 spiro atoms. The Hall–Kier alpha value is -1.01. The van der Waals surface area contributed by atoms with Gasteiger partial charge in [0.1, 0.15) is 0 Å². The molecule has 10 heavy (non-hydrogen) atoms. The van der Waals surface area contributed by atoms with Crippen LogP contribution in [-0.2, 0) is 4.79 Å². The number of hydrogen-bond donors (Lipinski definition) is 1. The quantitative estimate of drug-likeness (QED) is 0.448. The molecule has 3 heteroatoms. The third kappa shape index (κ3) is 0.775. The highest BCUT2D eigenvalue weighted by Gasteiger charge is 2.41. The van der Waals surface area contributed by atoms with Gasteiger partial charge in [-0.25, -0.2) is 0 Å². The number of carbonyl (C=O) groups is 1. The highest BCUT2D eigenvalue weighted by atomic mass is 16.3. The van der Waals surface area contributed by atoms with E-state index in [9.17, 15) is 9.90 Å². The molecule has 0 aliphatic carbocycles. The molecule has 54 valence electrons. The topological polar surface area (TPSA) is 40.5 Å². The highest BCUT2D eigenvalue weighted by Crippen LogP contribution is 2.19. The Bertz CT molecular complexity index is 223. The summed E-state index contributed by atoms with van der Waals surface area (Å²) in [6.07, 6.45) is 5.20. The summed E-state index contributed by atoms with van der Waals surface area (Å²) in [6, 6.07) is 0. The van der Waals surface area contributed by atoms with Gasteiger partial charge in [0.15, 0.2) is 0 Å². The smallest absolute Gasteiger partial charge is 0.267 e. The van der Waals surface area contributed by atoms with E-state index in [1.54, 1.807) is 0 Å². The van der Waals surface area contributed by atoms with Gasteiger partial charge in [0.25, 0.3) is 5.91 Å². The van der Waals surface area contributed by atoms with Gasteiger partial charge in [-0.05, 0) is 0 Å². The standard InChI is InChI=1S/C7H9NO2/c1-3-7(10)4-5-8(2)6(7)9/h1,10H,4-5H2,2H3/t7-/m0/s1/i2D. The summed E-state index contributed by atoms with van der Waals surface area (Å²) in [5, 5.41) is 9.36. The number of hydrogen-bond acceptors (Lipinski definition) is 2. The molecular weight excluding hydrogens is 130 g/mol. The molecule has 1 fully saturated rings. The van der Waals surface area contributed by atoms with E-state index in [4.69, 9.17) is 7.79 Å². The van der Waals surface area contributed by atoms with Gasteiger partial charge < -0.3 is 10.0 Å². The molecule has 1 aliphatic rings. The number of likely N-dealkylation sites (tertiary alicyclic amines) is 1. The van der Waals surface area contributed by atoms with E-state index in [1.807, 2.05) is 5.92 Å². The van der Waals surface area contributed by atoms with Crippen LogP contribution < -0.4 is 0 Å². The van der Waals surface area contributed by atoms with Gasteiger partial charge >= 0.3 is 0 Å². The molecule has 0 unspecified atom stereocenters. The highest BCUT2D eigenvalue weighted by molar-refractivity contribution is 5.90. The van der Waals surface area contributed by atoms with Gasteiger partial charge in [-0.1, -0.05) is 5.92 Å². The van der Waals surface area contributed by atoms with Crippen molar-refractivity contribution >= 4 is 5.91 Å². The largest absolute Gasteiger partial charge is 0.369 e. The van der Waals surface area contributed by atoms with Crippen molar-refractivity contribution in [1.29, 1.82) is 0 Å². The summed E-state index contributed by atoms with van der Waals surface area (Å²) < 4.78 is 6.91. The molecule has 0 aromatic rings. The molecule has 1 amide bonds. The minimum absolute atomic E-state index is 0.136. The number of rotatable bonds is 0. The Morgan fingerprint density at radius 2 is 2.80 bits per heavy atom. The monoisotopic (exact) mass is 140 g/mol. The Kier molecular flexibility index (Phi) is 1.15. The zero-order valence-electron chi connectivity index (χ0n) is 6.50. The van der Waals surface area contributed by atoms with E-state index in [2.05, 4.69) is 0 Å². The van der Waals surface area contributed by atoms with Gasteiger partial charge in [-0.3, -0.25) is 4.79 Å². The average Bonchev–Trinajstić information content (AvgIpc) is 2.31. The summed E-state index contributed by atoms with van der Waals surface area (Å²) in [5.74, 6) is 1.52. The number of nitrogens with zero attached hydrogens (tertiary/aromatic N) is 1. The van der Waals surface area contributed by atoms with Crippen molar-refractivity contribution in [2.45, 2.75) is 12.0 Å². The van der Waals surface area contributed by atoms with Crippen molar-refractivity contribution in [3.63, 3.8) is 0 Å². The zero-order valence-corrected chi connectivity index (χ0v) is 5.50. The van der Waals surface area contributed by atoms with Crippen LogP contribution in [0.4, 0.5) is 0 Å². The fourth-order valence-electron chi connectivity index (χ4n) is 0.901. The van der Waals surface area contributed by atoms with Gasteiger partial charge in [-0.15, -0.1) is 6.42 Å². The maximum absolute atomic E-state index is 11.1. The van der Waals surface area contributed by atoms with Crippen LogP contribution in [0.1, 0.15) is 7.79 Å². The lowest BCUT2D eigenvalue weighted by molar-refractivity contribution is -0.137. The summed E-state index contributed by atoms with van der Waals surface area (Å²) in [6.45, 7) is 0.378. The van der Waals surface area contributed by atoms with Gasteiger partial charge in [0.05, 0.1) is 0 Å². The van der Waals surface area contributed by atoms with Crippen LogP contribution in [0, 0.1) is 12.3 Å². The first-order valence-electron chi connectivity index (χ1n) is 3.63. The molecule has 0 bridgehead atoms. The maximum atomic E-state index is 11.1. The first-order valence-corrected chi connectivity index (χ1v) is 2.93. The van der Waals surface area contributed by atoms with E-state index in [1.165, 1.54) is 4.90 Å². The minimum Gasteiger partial charge on any atom is -0.369 e. The lowest BCUT2D eigenvalue weighted by Crippen LogP contribution is -2.36. The molecule has 3 nitrogen and oxygen atoms in total. The number of amides is 1. The third-order valence-electron chi connectivity index (χ3n) is 1.62. The molecule has 0 aromatic carbocycles. The van der Waals surface area contributed by atoms with E-state index < -0.39 is 11.5 Å². The van der Waals surface area contributed by atoms with Crippen LogP contribution in [0.5, 0.6) is 0 Å². The van der Waals surface area contributed by atoms with Crippen LogP contribution >= 0.6 is 0 Å². The molecule has 1 rings (SSSR count). The summed E-state index contributed by atoms with van der Waals surface area (Å²) >= 11 is 0. The van der Waals surface area contributed by atoms with Crippen LogP contribution in [0.3, 0.4) is 0 Å². The number of likely N-dealkylation sites (N-methyl/N-ethyl adjacent to an activating group) is 1. The van der Waals surface area contributed by atoms with E-state index in [-0.39, 0.29) is 13.4 Å². The van der Waals surface area contributed by atoms with Crippen molar-refractivity contribution in [1.82, 2.24) is 4.90 Å². The minimum atomic E-state index is -1.64. The second-order valence-electron chi connectivity index (χ2n) is 2.32. The first-order chi connectivity index (χ1) is 5.14. The fraction of sp³-hybridized carbons (Fsp3) is 0.571. The Morgan fingerprint density at radius 1 is 2.10 bits per heavy atom. The third-order valence-corrected chi connectivity index (χ3v) is 1.62. The lowest BCUT2D eigenvalue weighted by atomic mass is 10.1. The summed E-state index contributed by atoms with van der Waals surface area (Å²) in [5.41, 5.74) is -1.64. The molecular formula is C7H9NO2. The first kappa shape index (κ1) is 5.75. The SMILES string of the molecule is [2H]CN1CC[C@@](O)(C#C)C1=O. The molecule has 0 aromatic heterocycles. The Labute approximate surface area is 61.0 Å². The predicted molar refractivity (Wildman–Crippen MR) is 36.0 cm³/mol. The zero-order chi connectivity index (χ0) is 8.48. The second-order valence-corrected chi connectivity index (χ2v) is 2.32. The lowest BCUT2D eigenvalue weighted by Gasteiger charge is -2.12. The van der Waals surface area contributed by atoms with Crippen molar-refractivity contribution in [2.24, 2.45) is 0 Å². The van der Waals surface area contributed by atoms with Crippen molar-refractivity contribution < 1.29 is 11.3 Å². The van der Waals surface area contributed by atoms with Crippen molar-refractivity contribution in [3.8, 4) is 12.3 Å². The van der Waals surface area contributed by atoms with Gasteiger partial charge in [0.2, 0.25) is 5.60 Å². The summed E-state index contributed by atoms with van der Waals surface area (Å²) in [4.78, 5) is 12.3. The predicted octanol–water partition coefficient (Wildman–Crippen LogP) is -0.787. The normalized spacial score (nSPS) is 33.8. The molecule has 1 saturated heterocycles. The van der Waals surface area contributed by atoms with Crippen LogP contribution in [0.2, 0.25) is 0 Å². The number of aliphatic hydroxyl groups is 1. The Balaban J connectivity index is 2.80. The Morgan fingerprint density at radius 3 is 3.10 bits per heavy atom. The molecule has 0 saturated carbocycles. The van der Waals surface area contributed by atoms with Crippen LogP contribution in [0.25, 0.3) is 0 Å². The fourth-order valence-corrected chi connectivity index (χ4v) is 0.901. The van der Waals surface area contributed by atoms with Crippen LogP contribution in [-0.4, -0.2) is 35.1 Å². The molecule has 1 aliphatic heterocycles. The molecule has 1 N–H and O–H groups in total. The van der Waals surface area contributed by atoms with E-state index in [0.717, 1.165) is 0 Å². The van der Waals surface area contributed by atoms with Gasteiger partial charge in [0, 0.05) is 21.4 Å². The number of terminal acetylenes is 1. The van der Waals surface area contributed by atoms with E-state index in [0.29, 0.717) is 6.54 Å². The van der Waals surface area contributed by atoms with Crippen molar-refractivity contribution in [2.75, 3.05) is 13.6 Å². The van der Waals surface area contributed by atoms with Crippen LogP contribution in [0.15, 0.2) is 0 Å². The molecule has 1 atom stereocenters. The van der Waals surface area contributed by atoms with E-state index >= 15 is 0 Å². The maximum Gasteiger partial charge on any atom is 0.267 e. The van der Waals surface area contributed by atoms with Crippen molar-refractivity contribution in [3.05, 3.63) is 0 Å². The molecule has 0 radical (unpaired) electrons.